The van der Waals surface area contributed by atoms with Crippen LogP contribution < -0.4 is 0 Å². The highest BCUT2D eigenvalue weighted by Gasteiger charge is 2.52. The van der Waals surface area contributed by atoms with E-state index in [1.54, 1.807) is 13.8 Å². The molecule has 0 bridgehead atoms. The van der Waals surface area contributed by atoms with Gasteiger partial charge in [-0.3, -0.25) is 9.59 Å². The van der Waals surface area contributed by atoms with Crippen molar-refractivity contribution in [3.05, 3.63) is 71.0 Å². The fourth-order valence-corrected chi connectivity index (χ4v) is 5.72. The Bertz CT molecular complexity index is 1200. The summed E-state index contributed by atoms with van der Waals surface area (Å²) in [6.07, 6.45) is 9.94. The number of carbonyl (C=O) groups is 2. The Morgan fingerprint density at radius 1 is 1.09 bits per heavy atom. The minimum absolute atomic E-state index is 0.0870. The zero-order valence-electron chi connectivity index (χ0n) is 19.2. The van der Waals surface area contributed by atoms with Gasteiger partial charge in [0.25, 0.3) is 0 Å². The summed E-state index contributed by atoms with van der Waals surface area (Å²) in [6, 6.07) is 10.1. The molecule has 1 aromatic heterocycles. The summed E-state index contributed by atoms with van der Waals surface area (Å²) in [5, 5.41) is 0.994. The van der Waals surface area contributed by atoms with Crippen molar-refractivity contribution in [2.75, 3.05) is 13.2 Å². The lowest BCUT2D eigenvalue weighted by atomic mass is 9.69. The number of hydrogen-bond donors (Lipinski definition) is 0. The van der Waals surface area contributed by atoms with Gasteiger partial charge in [-0.15, -0.1) is 0 Å². The second kappa shape index (κ2) is 8.62. The van der Waals surface area contributed by atoms with E-state index in [-0.39, 0.29) is 24.8 Å². The van der Waals surface area contributed by atoms with Crippen molar-refractivity contribution >= 4 is 28.4 Å². The minimum atomic E-state index is -0.844. The number of allylic oxidation sites excluding steroid dienone is 6. The molecule has 1 aromatic carbocycles. The molecule has 0 N–H and O–H groups in total. The summed E-state index contributed by atoms with van der Waals surface area (Å²) in [5.41, 5.74) is 5.28. The number of aromatic nitrogens is 1. The lowest BCUT2D eigenvalue weighted by Crippen LogP contribution is -2.34. The number of carbonyl (C=O) groups excluding carboxylic acids is 2. The molecule has 170 valence electrons. The normalized spacial score (nSPS) is 20.1. The van der Waals surface area contributed by atoms with Gasteiger partial charge in [-0.1, -0.05) is 36.4 Å². The molecule has 3 aliphatic rings. The van der Waals surface area contributed by atoms with Gasteiger partial charge >= 0.3 is 11.9 Å². The van der Waals surface area contributed by atoms with E-state index >= 15 is 0 Å². The van der Waals surface area contributed by atoms with Gasteiger partial charge in [0.2, 0.25) is 0 Å². The number of rotatable bonds is 6. The molecule has 0 aliphatic heterocycles. The number of esters is 2. The molecule has 0 amide bonds. The summed E-state index contributed by atoms with van der Waals surface area (Å²) >= 11 is 0. The Labute approximate surface area is 194 Å². The molecule has 0 saturated carbocycles. The molecular weight excluding hydrogens is 414 g/mol. The van der Waals surface area contributed by atoms with Crippen LogP contribution in [0.2, 0.25) is 0 Å². The molecule has 0 unspecified atom stereocenters. The highest BCUT2D eigenvalue weighted by molar-refractivity contribution is 5.98. The Kier molecular flexibility index (Phi) is 5.65. The summed E-state index contributed by atoms with van der Waals surface area (Å²) in [6.45, 7) is 4.21. The van der Waals surface area contributed by atoms with E-state index in [9.17, 15) is 9.59 Å². The van der Waals surface area contributed by atoms with Crippen LogP contribution in [0.5, 0.6) is 0 Å². The first kappa shape index (κ1) is 21.6. The predicted molar refractivity (Wildman–Crippen MR) is 127 cm³/mol. The van der Waals surface area contributed by atoms with Gasteiger partial charge < -0.3 is 9.47 Å². The third-order valence-electron chi connectivity index (χ3n) is 7.08. The molecule has 1 atom stereocenters. The summed E-state index contributed by atoms with van der Waals surface area (Å²) in [4.78, 5) is 30.9. The molecule has 33 heavy (non-hydrogen) atoms. The summed E-state index contributed by atoms with van der Waals surface area (Å²) < 4.78 is 10.8. The van der Waals surface area contributed by atoms with Crippen molar-refractivity contribution in [1.29, 1.82) is 0 Å². The molecular formula is C28H29NO4. The molecule has 5 heteroatoms. The van der Waals surface area contributed by atoms with Crippen LogP contribution in [0, 0.1) is 5.92 Å². The molecule has 0 spiro atoms. The number of benzene rings is 1. The third-order valence-corrected chi connectivity index (χ3v) is 7.08. The second-order valence-corrected chi connectivity index (χ2v) is 8.98. The van der Waals surface area contributed by atoms with E-state index < -0.39 is 5.41 Å². The Hall–Kier alpha value is -3.21. The maximum atomic E-state index is 12.9. The lowest BCUT2D eigenvalue weighted by molar-refractivity contribution is -0.147. The van der Waals surface area contributed by atoms with E-state index in [4.69, 9.17) is 14.5 Å². The SMILES string of the molecule is CCOC(=O)CC1(CC(=O)OCC)C2=CC[C@@H]3CCC=CC3=C2c2nc3ccccc3cc21. The van der Waals surface area contributed by atoms with E-state index in [1.165, 1.54) is 5.57 Å². The van der Waals surface area contributed by atoms with Crippen molar-refractivity contribution < 1.29 is 19.1 Å². The molecule has 5 nitrogen and oxygen atoms in total. The van der Waals surface area contributed by atoms with Crippen molar-refractivity contribution in [2.45, 2.75) is 51.4 Å². The zero-order chi connectivity index (χ0) is 23.0. The van der Waals surface area contributed by atoms with Gasteiger partial charge in [-0.25, -0.2) is 4.98 Å². The van der Waals surface area contributed by atoms with Crippen molar-refractivity contribution in [3.63, 3.8) is 0 Å². The van der Waals surface area contributed by atoms with Gasteiger partial charge in [0.1, 0.15) is 0 Å². The minimum Gasteiger partial charge on any atom is -0.466 e. The summed E-state index contributed by atoms with van der Waals surface area (Å²) in [5.74, 6) is -0.181. The molecule has 1 heterocycles. The number of ether oxygens (including phenoxy) is 2. The largest absolute Gasteiger partial charge is 0.466 e. The average molecular weight is 444 g/mol. The quantitative estimate of drug-likeness (QED) is 0.556. The highest BCUT2D eigenvalue weighted by Crippen LogP contribution is 2.58. The van der Waals surface area contributed by atoms with Crippen molar-refractivity contribution in [3.8, 4) is 0 Å². The number of pyridine rings is 1. The first-order valence-corrected chi connectivity index (χ1v) is 11.9. The number of hydrogen-bond acceptors (Lipinski definition) is 5. The van der Waals surface area contributed by atoms with Crippen LogP contribution in [0.15, 0.2) is 59.7 Å². The topological polar surface area (TPSA) is 65.5 Å². The number of para-hydroxylation sites is 1. The smallest absolute Gasteiger partial charge is 0.307 e. The van der Waals surface area contributed by atoms with Gasteiger partial charge in [-0.2, -0.15) is 0 Å². The molecule has 0 radical (unpaired) electrons. The molecule has 0 saturated heterocycles. The van der Waals surface area contributed by atoms with Crippen LogP contribution in [0.25, 0.3) is 16.5 Å². The Morgan fingerprint density at radius 3 is 2.55 bits per heavy atom. The molecule has 2 aromatic rings. The van der Waals surface area contributed by atoms with E-state index in [2.05, 4.69) is 24.3 Å². The maximum absolute atomic E-state index is 12.9. The zero-order valence-corrected chi connectivity index (χ0v) is 19.2. The number of nitrogens with zero attached hydrogens (tertiary/aromatic N) is 1. The standard InChI is InChI=1S/C28H29NO4/c1-3-32-24(30)16-28(17-25(31)33-4-2)21-14-13-18-9-5-7-11-20(18)26(21)27-22(28)15-19-10-6-8-12-23(19)29-27/h6-8,10-12,14-15,18H,3-5,9,13,16-17H2,1-2H3/t18-/m0/s1. The van der Waals surface area contributed by atoms with E-state index in [0.29, 0.717) is 19.1 Å². The molecule has 5 rings (SSSR count). The Morgan fingerprint density at radius 2 is 1.82 bits per heavy atom. The van der Waals surface area contributed by atoms with Crippen LogP contribution in [-0.2, 0) is 24.5 Å². The van der Waals surface area contributed by atoms with Gasteiger partial charge in [0, 0.05) is 16.4 Å². The van der Waals surface area contributed by atoms with Crippen LogP contribution in [0.3, 0.4) is 0 Å². The first-order chi connectivity index (χ1) is 16.1. The monoisotopic (exact) mass is 443 g/mol. The van der Waals surface area contributed by atoms with Crippen molar-refractivity contribution in [2.24, 2.45) is 5.92 Å². The van der Waals surface area contributed by atoms with E-state index in [0.717, 1.165) is 52.6 Å². The molecule has 0 fully saturated rings. The first-order valence-electron chi connectivity index (χ1n) is 11.9. The highest BCUT2D eigenvalue weighted by atomic mass is 16.5. The van der Waals surface area contributed by atoms with Crippen LogP contribution >= 0.6 is 0 Å². The van der Waals surface area contributed by atoms with Crippen LogP contribution in [0.4, 0.5) is 0 Å². The second-order valence-electron chi connectivity index (χ2n) is 8.98. The van der Waals surface area contributed by atoms with Gasteiger partial charge in [-0.05, 0) is 67.9 Å². The van der Waals surface area contributed by atoms with Crippen LogP contribution in [-0.4, -0.2) is 30.1 Å². The van der Waals surface area contributed by atoms with Crippen molar-refractivity contribution in [1.82, 2.24) is 4.98 Å². The van der Waals surface area contributed by atoms with Crippen LogP contribution in [0.1, 0.15) is 57.2 Å². The Balaban J connectivity index is 1.79. The number of fused-ring (bicyclic) bond motifs is 5. The van der Waals surface area contributed by atoms with E-state index in [1.807, 2.05) is 24.3 Å². The predicted octanol–water partition coefficient (Wildman–Crippen LogP) is 5.44. The fraction of sp³-hybridized carbons (Fsp3) is 0.393. The fourth-order valence-electron chi connectivity index (χ4n) is 5.72. The van der Waals surface area contributed by atoms with Gasteiger partial charge in [0.15, 0.2) is 0 Å². The molecule has 3 aliphatic carbocycles. The lowest BCUT2D eigenvalue weighted by Gasteiger charge is -2.34. The average Bonchev–Trinajstić information content (AvgIpc) is 3.07. The maximum Gasteiger partial charge on any atom is 0.307 e. The summed E-state index contributed by atoms with van der Waals surface area (Å²) in [7, 11) is 0. The van der Waals surface area contributed by atoms with Gasteiger partial charge in [0.05, 0.1) is 37.3 Å². The third kappa shape index (κ3) is 3.60.